The third kappa shape index (κ3) is 4.14. The van der Waals surface area contributed by atoms with Gasteiger partial charge in [0, 0.05) is 30.2 Å². The topological polar surface area (TPSA) is 66.5 Å². The largest absolute Gasteiger partial charge is 0.297 e. The summed E-state index contributed by atoms with van der Waals surface area (Å²) in [7, 11) is 0. The van der Waals surface area contributed by atoms with E-state index < -0.39 is 0 Å². The minimum absolute atomic E-state index is 0.0528. The van der Waals surface area contributed by atoms with Crippen LogP contribution in [-0.2, 0) is 9.59 Å². The second-order valence-corrected chi connectivity index (χ2v) is 6.38. The first kappa shape index (κ1) is 15.7. The van der Waals surface area contributed by atoms with E-state index in [0.717, 1.165) is 30.4 Å². The average molecular weight is 308 g/mol. The number of aldehydes is 1. The van der Waals surface area contributed by atoms with Crippen molar-refractivity contribution < 1.29 is 14.4 Å². The molecule has 1 unspecified atom stereocenters. The zero-order chi connectivity index (χ0) is 15.2. The molecule has 0 saturated carbocycles. The minimum atomic E-state index is -0.108. The maximum Gasteiger partial charge on any atom is 0.241 e. The van der Waals surface area contributed by atoms with Gasteiger partial charge >= 0.3 is 0 Å². The molecule has 1 saturated heterocycles. The Morgan fingerprint density at radius 1 is 1.52 bits per heavy atom. The molecule has 0 bridgehead atoms. The number of carbonyl (C=O) groups is 3. The number of thiophene rings is 1. The Labute approximate surface area is 128 Å². The van der Waals surface area contributed by atoms with Crippen LogP contribution in [0.1, 0.15) is 59.5 Å². The maximum absolute atomic E-state index is 12.3. The summed E-state index contributed by atoms with van der Waals surface area (Å²) in [5.41, 5.74) is 2.69. The molecule has 1 aliphatic rings. The predicted molar refractivity (Wildman–Crippen MR) is 81.1 cm³/mol. The molecule has 21 heavy (non-hydrogen) atoms. The first-order valence-corrected chi connectivity index (χ1v) is 8.10. The highest BCUT2D eigenvalue weighted by Gasteiger charge is 2.26. The van der Waals surface area contributed by atoms with Gasteiger partial charge in [0.1, 0.15) is 0 Å². The van der Waals surface area contributed by atoms with Crippen molar-refractivity contribution >= 4 is 29.4 Å². The minimum Gasteiger partial charge on any atom is -0.297 e. The molecule has 2 rings (SSSR count). The number of hydrogen-bond acceptors (Lipinski definition) is 4. The van der Waals surface area contributed by atoms with E-state index in [2.05, 4.69) is 5.43 Å². The number of hydrazine groups is 1. The molecule has 1 aromatic heterocycles. The highest BCUT2D eigenvalue weighted by molar-refractivity contribution is 7.13. The third-order valence-corrected chi connectivity index (χ3v) is 4.73. The van der Waals surface area contributed by atoms with Gasteiger partial charge in [-0.25, -0.2) is 0 Å². The van der Waals surface area contributed by atoms with Gasteiger partial charge < -0.3 is 0 Å². The smallest absolute Gasteiger partial charge is 0.241 e. The van der Waals surface area contributed by atoms with E-state index in [4.69, 9.17) is 0 Å². The molecule has 1 aliphatic heterocycles. The van der Waals surface area contributed by atoms with Gasteiger partial charge in [-0.1, -0.05) is 6.92 Å². The molecule has 1 aromatic rings. The fourth-order valence-corrected chi connectivity index (χ4v) is 3.45. The van der Waals surface area contributed by atoms with Crippen LogP contribution in [0.5, 0.6) is 0 Å². The Morgan fingerprint density at radius 2 is 2.33 bits per heavy atom. The van der Waals surface area contributed by atoms with Crippen LogP contribution in [0, 0.1) is 0 Å². The van der Waals surface area contributed by atoms with Crippen LogP contribution < -0.4 is 5.43 Å². The van der Waals surface area contributed by atoms with Crippen molar-refractivity contribution in [2.24, 2.45) is 0 Å². The molecular formula is C15H20N2O3S. The fraction of sp³-hybridized carbons (Fsp3) is 0.533. The summed E-state index contributed by atoms with van der Waals surface area (Å²) < 4.78 is 0. The van der Waals surface area contributed by atoms with E-state index in [1.807, 2.05) is 13.0 Å². The molecule has 1 fully saturated rings. The molecular weight excluding hydrogens is 288 g/mol. The van der Waals surface area contributed by atoms with Gasteiger partial charge in [0.05, 0.1) is 4.88 Å². The summed E-state index contributed by atoms with van der Waals surface area (Å²) in [4.78, 5) is 36.4. The van der Waals surface area contributed by atoms with E-state index >= 15 is 0 Å². The average Bonchev–Trinajstić information content (AvgIpc) is 2.87. The molecule has 5 nitrogen and oxygen atoms in total. The van der Waals surface area contributed by atoms with Crippen molar-refractivity contribution in [2.45, 2.75) is 44.9 Å². The third-order valence-electron chi connectivity index (χ3n) is 3.56. The van der Waals surface area contributed by atoms with Crippen molar-refractivity contribution in [1.82, 2.24) is 10.4 Å². The summed E-state index contributed by atoms with van der Waals surface area (Å²) >= 11 is 1.45. The van der Waals surface area contributed by atoms with Crippen molar-refractivity contribution in [2.75, 3.05) is 6.54 Å². The normalized spacial score (nSPS) is 19.2. The molecule has 2 heterocycles. The van der Waals surface area contributed by atoms with Crippen LogP contribution in [0.2, 0.25) is 0 Å². The summed E-state index contributed by atoms with van der Waals surface area (Å²) in [6.45, 7) is 2.48. The predicted octanol–water partition coefficient (Wildman–Crippen LogP) is 2.49. The number of nitrogens with one attached hydrogen (secondary N) is 1. The highest BCUT2D eigenvalue weighted by atomic mass is 32.1. The van der Waals surface area contributed by atoms with Crippen molar-refractivity contribution in [3.63, 3.8) is 0 Å². The second-order valence-electron chi connectivity index (χ2n) is 5.23. The standard InChI is InChI=1S/C15H20N2O3S/c1-2-4-14(19)16-17-8-3-5-11(9-15(17)20)13-7-6-12(10-18)21-13/h6-7,10-11H,2-5,8-9H2,1H3,(H,16,19). The molecule has 1 atom stereocenters. The number of carbonyl (C=O) groups excluding carboxylic acids is 3. The molecule has 0 aromatic carbocycles. The van der Waals surface area contributed by atoms with Crippen LogP contribution in [0.3, 0.4) is 0 Å². The Kier molecular flexibility index (Phi) is 5.50. The highest BCUT2D eigenvalue weighted by Crippen LogP contribution is 2.32. The van der Waals surface area contributed by atoms with E-state index in [0.29, 0.717) is 24.3 Å². The van der Waals surface area contributed by atoms with Gasteiger partial charge in [0.2, 0.25) is 11.8 Å². The number of amides is 2. The van der Waals surface area contributed by atoms with Gasteiger partial charge in [-0.05, 0) is 31.4 Å². The zero-order valence-corrected chi connectivity index (χ0v) is 12.9. The first-order chi connectivity index (χ1) is 10.1. The second kappa shape index (κ2) is 7.36. The molecule has 6 heteroatoms. The molecule has 0 aliphatic carbocycles. The van der Waals surface area contributed by atoms with E-state index in [9.17, 15) is 14.4 Å². The van der Waals surface area contributed by atoms with Crippen LogP contribution in [0.25, 0.3) is 0 Å². The van der Waals surface area contributed by atoms with E-state index in [1.165, 1.54) is 16.3 Å². The van der Waals surface area contributed by atoms with E-state index in [1.54, 1.807) is 6.07 Å². The zero-order valence-electron chi connectivity index (χ0n) is 12.1. The van der Waals surface area contributed by atoms with Gasteiger partial charge in [-0.15, -0.1) is 11.3 Å². The molecule has 0 spiro atoms. The summed E-state index contributed by atoms with van der Waals surface area (Å²) in [5, 5.41) is 1.45. The van der Waals surface area contributed by atoms with E-state index in [-0.39, 0.29) is 17.7 Å². The molecule has 114 valence electrons. The lowest BCUT2D eigenvalue weighted by Crippen LogP contribution is -2.45. The Hall–Kier alpha value is -1.69. The lowest BCUT2D eigenvalue weighted by molar-refractivity contribution is -0.141. The van der Waals surface area contributed by atoms with Gasteiger partial charge in [0.15, 0.2) is 6.29 Å². The van der Waals surface area contributed by atoms with Gasteiger partial charge in [0.25, 0.3) is 0 Å². The molecule has 0 radical (unpaired) electrons. The van der Waals surface area contributed by atoms with Crippen molar-refractivity contribution in [3.05, 3.63) is 21.9 Å². The van der Waals surface area contributed by atoms with Crippen LogP contribution >= 0.6 is 11.3 Å². The fourth-order valence-electron chi connectivity index (χ4n) is 2.49. The monoisotopic (exact) mass is 308 g/mol. The number of rotatable bonds is 5. The summed E-state index contributed by atoms with van der Waals surface area (Å²) in [5.74, 6) is -0.0176. The Bertz CT molecular complexity index is 527. The lowest BCUT2D eigenvalue weighted by atomic mass is 9.99. The molecule has 1 N–H and O–H groups in total. The maximum atomic E-state index is 12.3. The van der Waals surface area contributed by atoms with Crippen LogP contribution in [-0.4, -0.2) is 29.7 Å². The van der Waals surface area contributed by atoms with Crippen LogP contribution in [0.4, 0.5) is 0 Å². The van der Waals surface area contributed by atoms with Crippen LogP contribution in [0.15, 0.2) is 12.1 Å². The van der Waals surface area contributed by atoms with Gasteiger partial charge in [-0.2, -0.15) is 0 Å². The first-order valence-electron chi connectivity index (χ1n) is 7.28. The lowest BCUT2D eigenvalue weighted by Gasteiger charge is -2.21. The summed E-state index contributed by atoms with van der Waals surface area (Å²) in [6, 6.07) is 3.72. The molecule has 2 amide bonds. The van der Waals surface area contributed by atoms with Gasteiger partial charge in [-0.3, -0.25) is 24.8 Å². The SMILES string of the molecule is CCCC(=O)NN1CCCC(c2ccc(C=O)s2)CC1=O. The Morgan fingerprint density at radius 3 is 3.00 bits per heavy atom. The summed E-state index contributed by atoms with van der Waals surface area (Å²) in [6.07, 6.45) is 4.15. The van der Waals surface area contributed by atoms with Crippen molar-refractivity contribution in [3.8, 4) is 0 Å². The number of nitrogens with zero attached hydrogens (tertiary/aromatic N) is 1. The number of hydrogen-bond donors (Lipinski definition) is 1. The Balaban J connectivity index is 2.00. The quantitative estimate of drug-likeness (QED) is 0.850. The van der Waals surface area contributed by atoms with Crippen molar-refractivity contribution in [1.29, 1.82) is 0 Å².